The monoisotopic (exact) mass is 217 g/mol. The summed E-state index contributed by atoms with van der Waals surface area (Å²) in [6, 6.07) is 8.06. The van der Waals surface area contributed by atoms with Gasteiger partial charge in [0, 0.05) is 13.1 Å². The number of hydrogen-bond acceptors (Lipinski definition) is 3. The summed E-state index contributed by atoms with van der Waals surface area (Å²) in [5.74, 6) is 0.178. The maximum Gasteiger partial charge on any atom is 0.260 e. The van der Waals surface area contributed by atoms with Crippen LogP contribution in [0.2, 0.25) is 0 Å². The van der Waals surface area contributed by atoms with Crippen molar-refractivity contribution in [2.24, 2.45) is 7.05 Å². The third-order valence-corrected chi connectivity index (χ3v) is 2.21. The number of carbonyl (C=O) groups is 1. The molecule has 82 valence electrons. The largest absolute Gasteiger partial charge is 0.507 e. The zero-order valence-corrected chi connectivity index (χ0v) is 8.71. The van der Waals surface area contributed by atoms with Gasteiger partial charge in [-0.1, -0.05) is 12.1 Å². The molecule has 0 saturated heterocycles. The average molecular weight is 217 g/mol. The molecule has 2 rings (SSSR count). The Morgan fingerprint density at radius 3 is 2.75 bits per heavy atom. The summed E-state index contributed by atoms with van der Waals surface area (Å²) >= 11 is 0. The molecule has 0 atom stereocenters. The van der Waals surface area contributed by atoms with Crippen LogP contribution in [0.15, 0.2) is 36.5 Å². The summed E-state index contributed by atoms with van der Waals surface area (Å²) in [5, 5.41) is 16.1. The highest BCUT2D eigenvalue weighted by atomic mass is 16.3. The Labute approximate surface area is 92.3 Å². The summed E-state index contributed by atoms with van der Waals surface area (Å²) in [5.41, 5.74) is 0.240. The van der Waals surface area contributed by atoms with Gasteiger partial charge in [0.15, 0.2) is 0 Å². The number of benzene rings is 1. The van der Waals surface area contributed by atoms with Crippen molar-refractivity contribution in [2.45, 2.75) is 0 Å². The number of para-hydroxylation sites is 1. The van der Waals surface area contributed by atoms with Crippen LogP contribution in [-0.2, 0) is 7.05 Å². The first kappa shape index (κ1) is 10.2. The quantitative estimate of drug-likeness (QED) is 0.798. The molecule has 0 saturated carbocycles. The van der Waals surface area contributed by atoms with E-state index < -0.39 is 0 Å². The van der Waals surface area contributed by atoms with Crippen LogP contribution in [0.25, 0.3) is 0 Å². The SMILES string of the molecule is Cn1nccc1NC(=O)c1ccccc1O. The molecule has 2 N–H and O–H groups in total. The summed E-state index contributed by atoms with van der Waals surface area (Å²) in [7, 11) is 1.72. The Bertz CT molecular complexity index is 519. The fraction of sp³-hybridized carbons (Fsp3) is 0.0909. The standard InChI is InChI=1S/C11H11N3O2/c1-14-10(6-7-12-14)13-11(16)8-4-2-3-5-9(8)15/h2-7,15H,1H3,(H,13,16). The first-order valence-corrected chi connectivity index (χ1v) is 4.76. The van der Waals surface area contributed by atoms with E-state index in [2.05, 4.69) is 10.4 Å². The van der Waals surface area contributed by atoms with Crippen LogP contribution in [0.1, 0.15) is 10.4 Å². The third kappa shape index (κ3) is 1.88. The molecule has 5 heteroatoms. The molecule has 0 radical (unpaired) electrons. The highest BCUT2D eigenvalue weighted by Gasteiger charge is 2.11. The lowest BCUT2D eigenvalue weighted by Gasteiger charge is -2.06. The Kier molecular flexibility index (Phi) is 2.59. The molecule has 0 aliphatic heterocycles. The van der Waals surface area contributed by atoms with Crippen LogP contribution >= 0.6 is 0 Å². The van der Waals surface area contributed by atoms with Gasteiger partial charge in [-0.25, -0.2) is 0 Å². The third-order valence-electron chi connectivity index (χ3n) is 2.21. The second-order valence-electron chi connectivity index (χ2n) is 3.31. The van der Waals surface area contributed by atoms with E-state index in [1.807, 2.05) is 0 Å². The van der Waals surface area contributed by atoms with Gasteiger partial charge in [0.05, 0.1) is 11.8 Å². The Balaban J connectivity index is 2.22. The van der Waals surface area contributed by atoms with Crippen LogP contribution in [0, 0.1) is 0 Å². The maximum atomic E-state index is 11.8. The van der Waals surface area contributed by atoms with Crippen molar-refractivity contribution in [3.05, 3.63) is 42.1 Å². The molecular formula is C11H11N3O2. The summed E-state index contributed by atoms with van der Waals surface area (Å²) < 4.78 is 1.54. The van der Waals surface area contributed by atoms with Gasteiger partial charge in [-0.3, -0.25) is 9.48 Å². The predicted molar refractivity (Wildman–Crippen MR) is 59.3 cm³/mol. The molecule has 16 heavy (non-hydrogen) atoms. The minimum atomic E-state index is -0.360. The minimum absolute atomic E-state index is 0.0397. The van der Waals surface area contributed by atoms with E-state index in [1.54, 1.807) is 37.5 Å². The van der Waals surface area contributed by atoms with Gasteiger partial charge in [0.1, 0.15) is 11.6 Å². The van der Waals surface area contributed by atoms with E-state index in [0.29, 0.717) is 5.82 Å². The van der Waals surface area contributed by atoms with E-state index >= 15 is 0 Å². The van der Waals surface area contributed by atoms with Crippen LogP contribution < -0.4 is 5.32 Å². The van der Waals surface area contributed by atoms with Crippen molar-refractivity contribution in [3.8, 4) is 5.75 Å². The van der Waals surface area contributed by atoms with Crippen molar-refractivity contribution in [1.29, 1.82) is 0 Å². The first-order valence-electron chi connectivity index (χ1n) is 4.76. The van der Waals surface area contributed by atoms with E-state index in [-0.39, 0.29) is 17.2 Å². The number of aryl methyl sites for hydroxylation is 1. The molecule has 5 nitrogen and oxygen atoms in total. The van der Waals surface area contributed by atoms with Gasteiger partial charge >= 0.3 is 0 Å². The number of amides is 1. The number of phenols is 1. The molecule has 0 aliphatic carbocycles. The lowest BCUT2D eigenvalue weighted by atomic mass is 10.2. The molecule has 0 fully saturated rings. The average Bonchev–Trinajstić information content (AvgIpc) is 2.65. The molecule has 0 bridgehead atoms. The molecular weight excluding hydrogens is 206 g/mol. The van der Waals surface area contributed by atoms with Gasteiger partial charge in [-0.2, -0.15) is 5.10 Å². The smallest absolute Gasteiger partial charge is 0.260 e. The second-order valence-corrected chi connectivity index (χ2v) is 3.31. The summed E-state index contributed by atoms with van der Waals surface area (Å²) in [4.78, 5) is 11.8. The zero-order valence-electron chi connectivity index (χ0n) is 8.71. The van der Waals surface area contributed by atoms with Crippen LogP contribution in [-0.4, -0.2) is 20.8 Å². The Morgan fingerprint density at radius 1 is 1.38 bits per heavy atom. The number of aromatic nitrogens is 2. The normalized spacial score (nSPS) is 10.1. The molecule has 2 aromatic rings. The van der Waals surface area contributed by atoms with Gasteiger partial charge in [-0.05, 0) is 12.1 Å². The Morgan fingerprint density at radius 2 is 2.12 bits per heavy atom. The molecule has 1 heterocycles. The van der Waals surface area contributed by atoms with Crippen molar-refractivity contribution >= 4 is 11.7 Å². The van der Waals surface area contributed by atoms with E-state index in [9.17, 15) is 9.90 Å². The second kappa shape index (κ2) is 4.06. The van der Waals surface area contributed by atoms with E-state index in [0.717, 1.165) is 0 Å². The van der Waals surface area contributed by atoms with Crippen LogP contribution in [0.5, 0.6) is 5.75 Å². The minimum Gasteiger partial charge on any atom is -0.507 e. The fourth-order valence-corrected chi connectivity index (χ4v) is 1.35. The van der Waals surface area contributed by atoms with Gasteiger partial charge in [0.25, 0.3) is 5.91 Å². The number of nitrogens with one attached hydrogen (secondary N) is 1. The molecule has 1 aromatic carbocycles. The summed E-state index contributed by atoms with van der Waals surface area (Å²) in [6.07, 6.45) is 1.58. The highest BCUT2D eigenvalue weighted by Crippen LogP contribution is 2.17. The van der Waals surface area contributed by atoms with Crippen molar-refractivity contribution in [3.63, 3.8) is 0 Å². The number of phenolic OH excluding ortho intramolecular Hbond substituents is 1. The van der Waals surface area contributed by atoms with Crippen LogP contribution in [0.3, 0.4) is 0 Å². The highest BCUT2D eigenvalue weighted by molar-refractivity contribution is 6.05. The number of carbonyl (C=O) groups excluding carboxylic acids is 1. The number of aromatic hydroxyl groups is 1. The van der Waals surface area contributed by atoms with E-state index in [1.165, 1.54) is 10.7 Å². The predicted octanol–water partition coefficient (Wildman–Crippen LogP) is 1.38. The zero-order chi connectivity index (χ0) is 11.5. The van der Waals surface area contributed by atoms with Gasteiger partial charge in [0.2, 0.25) is 0 Å². The molecule has 0 aliphatic rings. The molecule has 1 aromatic heterocycles. The van der Waals surface area contributed by atoms with Crippen molar-refractivity contribution in [2.75, 3.05) is 5.32 Å². The number of anilines is 1. The lowest BCUT2D eigenvalue weighted by molar-refractivity contribution is 0.102. The van der Waals surface area contributed by atoms with Gasteiger partial charge in [-0.15, -0.1) is 0 Å². The topological polar surface area (TPSA) is 67.2 Å². The molecule has 0 unspecified atom stereocenters. The number of hydrogen-bond donors (Lipinski definition) is 2. The molecule has 0 spiro atoms. The van der Waals surface area contributed by atoms with Gasteiger partial charge < -0.3 is 10.4 Å². The maximum absolute atomic E-state index is 11.8. The Hall–Kier alpha value is -2.30. The molecule has 1 amide bonds. The van der Waals surface area contributed by atoms with E-state index in [4.69, 9.17) is 0 Å². The fourth-order valence-electron chi connectivity index (χ4n) is 1.35. The van der Waals surface area contributed by atoms with Crippen LogP contribution in [0.4, 0.5) is 5.82 Å². The number of rotatable bonds is 2. The van der Waals surface area contributed by atoms with Crippen molar-refractivity contribution < 1.29 is 9.90 Å². The number of nitrogens with zero attached hydrogens (tertiary/aromatic N) is 2. The van der Waals surface area contributed by atoms with Crippen molar-refractivity contribution in [1.82, 2.24) is 9.78 Å². The first-order chi connectivity index (χ1) is 7.68. The summed E-state index contributed by atoms with van der Waals surface area (Å²) in [6.45, 7) is 0. The lowest BCUT2D eigenvalue weighted by Crippen LogP contribution is -2.14.